The van der Waals surface area contributed by atoms with Crippen molar-refractivity contribution in [3.63, 3.8) is 0 Å². The summed E-state index contributed by atoms with van der Waals surface area (Å²) in [5.74, 6) is -0.365. The van der Waals surface area contributed by atoms with Gasteiger partial charge in [0.15, 0.2) is 5.78 Å². The van der Waals surface area contributed by atoms with E-state index in [2.05, 4.69) is 21.2 Å². The normalized spacial score (nSPS) is 14.6. The van der Waals surface area contributed by atoms with E-state index in [0.29, 0.717) is 32.3 Å². The van der Waals surface area contributed by atoms with Gasteiger partial charge < -0.3 is 10.4 Å². The van der Waals surface area contributed by atoms with Crippen molar-refractivity contribution in [1.82, 2.24) is 0 Å². The lowest BCUT2D eigenvalue weighted by Gasteiger charge is -2.05. The van der Waals surface area contributed by atoms with Crippen LogP contribution in [-0.2, 0) is 4.79 Å². The lowest BCUT2D eigenvalue weighted by molar-refractivity contribution is -0.110. The first-order chi connectivity index (χ1) is 11.4. The van der Waals surface area contributed by atoms with Crippen molar-refractivity contribution in [2.45, 2.75) is 0 Å². The van der Waals surface area contributed by atoms with Gasteiger partial charge in [0.2, 0.25) is 0 Å². The van der Waals surface area contributed by atoms with Crippen molar-refractivity contribution in [3.05, 3.63) is 51.5 Å². The Balaban J connectivity index is 2.10. The molecular weight excluding hydrogens is 392 g/mol. The van der Waals surface area contributed by atoms with Crippen LogP contribution in [0.5, 0.6) is 5.75 Å². The molecule has 0 saturated heterocycles. The summed E-state index contributed by atoms with van der Waals surface area (Å²) in [6, 6.07) is 8.53. The predicted octanol–water partition coefficient (Wildman–Crippen LogP) is 2.33. The number of aromatic hydroxyl groups is 1. The summed E-state index contributed by atoms with van der Waals surface area (Å²) in [6.45, 7) is 0. The Morgan fingerprint density at radius 3 is 2.75 bits per heavy atom. The minimum atomic E-state index is -0.234. The van der Waals surface area contributed by atoms with Gasteiger partial charge in [0, 0.05) is 22.4 Å². The molecule has 0 spiro atoms. The maximum Gasteiger partial charge on any atom is 0.256 e. The highest BCUT2D eigenvalue weighted by Crippen LogP contribution is 2.34. The zero-order valence-corrected chi connectivity index (χ0v) is 15.0. The van der Waals surface area contributed by atoms with E-state index >= 15 is 0 Å². The van der Waals surface area contributed by atoms with Gasteiger partial charge in [0.25, 0.3) is 5.91 Å². The Morgan fingerprint density at radius 1 is 1.33 bits per heavy atom. The molecule has 24 heavy (non-hydrogen) atoms. The highest BCUT2D eigenvalue weighted by molar-refractivity contribution is 9.10. The second-order valence-corrected chi connectivity index (χ2v) is 6.62. The van der Waals surface area contributed by atoms with Crippen LogP contribution in [0.15, 0.2) is 34.8 Å². The summed E-state index contributed by atoms with van der Waals surface area (Å²) in [5.41, 5.74) is 3.72. The number of fused-ring (bicyclic) bond motifs is 1. The SMILES string of the molecule is Bc1cc(/C=C2\C(=O)Nc3ccc(C(=O)CCl)cc32)cc(Br)c1O. The Labute approximate surface area is 153 Å². The van der Waals surface area contributed by atoms with Crippen LogP contribution in [0.4, 0.5) is 5.69 Å². The average molecular weight is 404 g/mol. The summed E-state index contributed by atoms with van der Waals surface area (Å²) in [7, 11) is 1.78. The van der Waals surface area contributed by atoms with Gasteiger partial charge in [-0.15, -0.1) is 11.6 Å². The summed E-state index contributed by atoms with van der Waals surface area (Å²) in [5, 5.41) is 12.6. The highest BCUT2D eigenvalue weighted by atomic mass is 79.9. The van der Waals surface area contributed by atoms with Crippen LogP contribution in [0, 0.1) is 0 Å². The monoisotopic (exact) mass is 403 g/mol. The van der Waals surface area contributed by atoms with Crippen molar-refractivity contribution in [2.24, 2.45) is 0 Å². The number of hydrogen-bond donors (Lipinski definition) is 2. The molecule has 2 aromatic carbocycles. The van der Waals surface area contributed by atoms with E-state index in [1.165, 1.54) is 0 Å². The molecule has 0 saturated carbocycles. The second kappa shape index (κ2) is 6.45. The van der Waals surface area contributed by atoms with Crippen LogP contribution in [-0.4, -0.2) is 30.5 Å². The first kappa shape index (κ1) is 16.8. The molecule has 3 rings (SSSR count). The Morgan fingerprint density at radius 2 is 2.08 bits per heavy atom. The molecule has 1 amide bonds. The Hall–Kier alpha value is -2.05. The highest BCUT2D eigenvalue weighted by Gasteiger charge is 2.25. The number of phenolic OH excluding ortho intramolecular Hbond substituents is 1. The molecule has 0 atom stereocenters. The van der Waals surface area contributed by atoms with Gasteiger partial charge in [0.1, 0.15) is 13.6 Å². The third-order valence-corrected chi connectivity index (χ3v) is 4.68. The first-order valence-corrected chi connectivity index (χ1v) is 8.49. The van der Waals surface area contributed by atoms with Gasteiger partial charge in [0.05, 0.1) is 10.4 Å². The molecule has 120 valence electrons. The fourth-order valence-electron chi connectivity index (χ4n) is 2.60. The Bertz CT molecular complexity index is 888. The minimum absolute atomic E-state index is 0.108. The number of anilines is 1. The van der Waals surface area contributed by atoms with Crippen molar-refractivity contribution < 1.29 is 14.7 Å². The molecule has 1 aliphatic heterocycles. The molecule has 1 aliphatic rings. The molecule has 2 aromatic rings. The van der Waals surface area contributed by atoms with Crippen molar-refractivity contribution in [1.29, 1.82) is 0 Å². The van der Waals surface area contributed by atoms with E-state index in [1.807, 2.05) is 0 Å². The number of alkyl halides is 1. The molecule has 2 N–H and O–H groups in total. The fourth-order valence-corrected chi connectivity index (χ4v) is 3.33. The van der Waals surface area contributed by atoms with Crippen molar-refractivity contribution >= 4 is 69.9 Å². The van der Waals surface area contributed by atoms with Gasteiger partial charge in [-0.3, -0.25) is 9.59 Å². The number of phenols is 1. The quantitative estimate of drug-likeness (QED) is 0.357. The van der Waals surface area contributed by atoms with E-state index in [-0.39, 0.29) is 23.3 Å². The molecule has 0 aliphatic carbocycles. The largest absolute Gasteiger partial charge is 0.507 e. The first-order valence-electron chi connectivity index (χ1n) is 7.16. The van der Waals surface area contributed by atoms with E-state index in [1.54, 1.807) is 44.3 Å². The molecule has 0 unspecified atom stereocenters. The average Bonchev–Trinajstić information content (AvgIpc) is 2.87. The van der Waals surface area contributed by atoms with Gasteiger partial charge in [-0.1, -0.05) is 6.07 Å². The molecule has 1 heterocycles. The number of ketones is 1. The van der Waals surface area contributed by atoms with Crippen molar-refractivity contribution in [3.8, 4) is 5.75 Å². The van der Waals surface area contributed by atoms with Crippen LogP contribution >= 0.6 is 27.5 Å². The molecule has 4 nitrogen and oxygen atoms in total. The predicted molar refractivity (Wildman–Crippen MR) is 102 cm³/mol. The topological polar surface area (TPSA) is 66.4 Å². The van der Waals surface area contributed by atoms with Crippen LogP contribution in [0.2, 0.25) is 0 Å². The molecular formula is C17H12BBrClNO3. The maximum absolute atomic E-state index is 12.3. The summed E-state index contributed by atoms with van der Waals surface area (Å²) < 4.78 is 0.555. The van der Waals surface area contributed by atoms with Gasteiger partial charge in [-0.25, -0.2) is 0 Å². The summed E-state index contributed by atoms with van der Waals surface area (Å²) in [6.07, 6.45) is 1.73. The van der Waals surface area contributed by atoms with Gasteiger partial charge in [-0.05, 0) is 57.3 Å². The standard InChI is InChI=1S/C17H12BBrClNO3/c18-12-4-8(5-13(19)16(12)23)3-11-10-6-9(15(22)7-20)1-2-14(10)21-17(11)24/h1-6,23H,7,18H2,(H,21,24)/b11-3-. The lowest BCUT2D eigenvalue weighted by atomic mass is 9.92. The van der Waals surface area contributed by atoms with Crippen LogP contribution < -0.4 is 10.8 Å². The molecule has 0 radical (unpaired) electrons. The zero-order valence-electron chi connectivity index (χ0n) is 12.7. The van der Waals surface area contributed by atoms with E-state index in [0.717, 1.165) is 5.56 Å². The minimum Gasteiger partial charge on any atom is -0.507 e. The molecule has 7 heteroatoms. The summed E-state index contributed by atoms with van der Waals surface area (Å²) >= 11 is 8.90. The number of carbonyl (C=O) groups is 2. The van der Waals surface area contributed by atoms with Crippen molar-refractivity contribution in [2.75, 3.05) is 11.2 Å². The second-order valence-electron chi connectivity index (χ2n) is 5.50. The number of benzene rings is 2. The third kappa shape index (κ3) is 2.99. The Kier molecular flexibility index (Phi) is 4.52. The molecule has 0 bridgehead atoms. The lowest BCUT2D eigenvalue weighted by Crippen LogP contribution is -2.05. The number of rotatable bonds is 3. The number of carbonyl (C=O) groups excluding carboxylic acids is 2. The number of amides is 1. The van der Waals surface area contributed by atoms with Crippen LogP contribution in [0.3, 0.4) is 0 Å². The maximum atomic E-state index is 12.3. The number of Topliss-reactive ketones (excluding diaryl/α,β-unsaturated/α-hetero) is 1. The molecule has 0 fully saturated rings. The molecule has 0 aromatic heterocycles. The van der Waals surface area contributed by atoms with E-state index < -0.39 is 0 Å². The van der Waals surface area contributed by atoms with Gasteiger partial charge >= 0.3 is 0 Å². The van der Waals surface area contributed by atoms with E-state index in [4.69, 9.17) is 11.6 Å². The zero-order chi connectivity index (χ0) is 17.4. The number of hydrogen-bond acceptors (Lipinski definition) is 3. The smallest absolute Gasteiger partial charge is 0.256 e. The summed E-state index contributed by atoms with van der Waals surface area (Å²) in [4.78, 5) is 24.1. The fraction of sp³-hybridized carbons (Fsp3) is 0.0588. The van der Waals surface area contributed by atoms with Crippen LogP contribution in [0.1, 0.15) is 21.5 Å². The van der Waals surface area contributed by atoms with Crippen LogP contribution in [0.25, 0.3) is 11.6 Å². The number of nitrogens with one attached hydrogen (secondary N) is 1. The van der Waals surface area contributed by atoms with Gasteiger partial charge in [-0.2, -0.15) is 0 Å². The van der Waals surface area contributed by atoms with E-state index in [9.17, 15) is 14.7 Å². The number of halogens is 2. The third-order valence-electron chi connectivity index (χ3n) is 3.83.